The summed E-state index contributed by atoms with van der Waals surface area (Å²) >= 11 is 8.54. The van der Waals surface area contributed by atoms with Crippen LogP contribution < -0.4 is 5.43 Å². The topological polar surface area (TPSA) is 49.9 Å². The predicted octanol–water partition coefficient (Wildman–Crippen LogP) is 2.67. The summed E-state index contributed by atoms with van der Waals surface area (Å²) in [5.74, 6) is 0. The van der Waals surface area contributed by atoms with Crippen molar-refractivity contribution in [1.29, 1.82) is 0 Å². The molecule has 0 saturated heterocycles. The number of pyridine rings is 1. The van der Waals surface area contributed by atoms with Gasteiger partial charge in [0.05, 0.1) is 5.56 Å². The maximum Gasteiger partial charge on any atom is 0.257 e. The molecular weight excluding hydrogens is 281 g/mol. The monoisotopic (exact) mass is 285 g/mol. The van der Waals surface area contributed by atoms with Gasteiger partial charge in [-0.3, -0.25) is 9.59 Å². The highest BCUT2D eigenvalue weighted by molar-refractivity contribution is 9.10. The van der Waals surface area contributed by atoms with Crippen LogP contribution in [-0.2, 0) is 0 Å². The third-order valence-corrected chi connectivity index (χ3v) is 2.75. The van der Waals surface area contributed by atoms with Gasteiger partial charge in [-0.05, 0) is 29.8 Å². The lowest BCUT2D eigenvalue weighted by atomic mass is 10.1. The number of fused-ring (bicyclic) bond motifs is 1. The average molecular weight is 287 g/mol. The molecule has 1 N–H and O–H groups in total. The second-order valence-corrected chi connectivity index (χ2v) is 4.25. The summed E-state index contributed by atoms with van der Waals surface area (Å²) in [6.45, 7) is 0. The van der Waals surface area contributed by atoms with Gasteiger partial charge in [-0.1, -0.05) is 15.9 Å². The third kappa shape index (κ3) is 1.82. The number of carbonyl (C=O) groups is 1. The van der Waals surface area contributed by atoms with E-state index < -0.39 is 5.24 Å². The normalized spacial score (nSPS) is 10.5. The zero-order chi connectivity index (χ0) is 11.0. The Morgan fingerprint density at radius 1 is 1.40 bits per heavy atom. The second-order valence-electron chi connectivity index (χ2n) is 3.00. The van der Waals surface area contributed by atoms with Gasteiger partial charge in [-0.2, -0.15) is 0 Å². The molecule has 0 amide bonds. The molecule has 0 unspecified atom stereocenters. The second kappa shape index (κ2) is 3.79. The van der Waals surface area contributed by atoms with E-state index in [1.54, 1.807) is 18.2 Å². The summed E-state index contributed by atoms with van der Waals surface area (Å²) in [5.41, 5.74) is 0.275. The van der Waals surface area contributed by atoms with E-state index in [0.29, 0.717) is 10.9 Å². The van der Waals surface area contributed by atoms with E-state index in [9.17, 15) is 9.59 Å². The van der Waals surface area contributed by atoms with Crippen molar-refractivity contribution in [2.24, 2.45) is 0 Å². The lowest BCUT2D eigenvalue weighted by Gasteiger charge is -1.99. The molecule has 1 aromatic carbocycles. The van der Waals surface area contributed by atoms with Crippen molar-refractivity contribution in [2.75, 3.05) is 0 Å². The molecule has 1 heterocycles. The van der Waals surface area contributed by atoms with Crippen molar-refractivity contribution >= 4 is 43.7 Å². The highest BCUT2D eigenvalue weighted by Gasteiger charge is 2.10. The van der Waals surface area contributed by atoms with Crippen molar-refractivity contribution in [1.82, 2.24) is 4.98 Å². The maximum atomic E-state index is 11.8. The molecule has 2 aromatic rings. The van der Waals surface area contributed by atoms with Gasteiger partial charge >= 0.3 is 0 Å². The van der Waals surface area contributed by atoms with Crippen LogP contribution in [0.5, 0.6) is 0 Å². The number of halogens is 2. The third-order valence-electron chi connectivity index (χ3n) is 2.05. The largest absolute Gasteiger partial charge is 0.360 e. The van der Waals surface area contributed by atoms with E-state index in [1.807, 2.05) is 0 Å². The van der Waals surface area contributed by atoms with Crippen molar-refractivity contribution in [3.05, 3.63) is 44.7 Å². The molecule has 3 nitrogen and oxygen atoms in total. The first-order chi connectivity index (χ1) is 7.09. The number of benzene rings is 1. The van der Waals surface area contributed by atoms with Crippen LogP contribution in [0.1, 0.15) is 10.4 Å². The number of carbonyl (C=O) groups excluding carboxylic acids is 1. The van der Waals surface area contributed by atoms with Crippen LogP contribution in [0.15, 0.2) is 33.7 Å². The minimum atomic E-state index is -0.752. The minimum Gasteiger partial charge on any atom is -0.360 e. The molecule has 0 bridgehead atoms. The highest BCUT2D eigenvalue weighted by atomic mass is 79.9. The van der Waals surface area contributed by atoms with Gasteiger partial charge in [0.1, 0.15) is 0 Å². The number of nitrogens with one attached hydrogen (secondary N) is 1. The number of H-pyrrole nitrogens is 1. The molecule has 0 atom stereocenters. The summed E-state index contributed by atoms with van der Waals surface area (Å²) < 4.78 is 0.777. The van der Waals surface area contributed by atoms with E-state index >= 15 is 0 Å². The molecule has 0 aliphatic rings. The van der Waals surface area contributed by atoms with Gasteiger partial charge in [0.15, 0.2) is 0 Å². The maximum absolute atomic E-state index is 11.8. The predicted molar refractivity (Wildman–Crippen MR) is 62.5 cm³/mol. The van der Waals surface area contributed by atoms with Gasteiger partial charge < -0.3 is 4.98 Å². The molecular formula is C10H5BrClNO2. The molecule has 0 aliphatic heterocycles. The number of aromatic amines is 1. The Balaban J connectivity index is 2.89. The Morgan fingerprint density at radius 3 is 2.80 bits per heavy atom. The van der Waals surface area contributed by atoms with Gasteiger partial charge in [0.25, 0.3) is 5.24 Å². The quantitative estimate of drug-likeness (QED) is 0.819. The molecule has 0 aliphatic carbocycles. The van der Waals surface area contributed by atoms with Crippen LogP contribution >= 0.6 is 27.5 Å². The van der Waals surface area contributed by atoms with Crippen LogP contribution in [0, 0.1) is 0 Å². The van der Waals surface area contributed by atoms with E-state index in [0.717, 1.165) is 4.47 Å². The number of aromatic nitrogens is 1. The minimum absolute atomic E-state index is 0.0396. The molecule has 76 valence electrons. The fourth-order valence-corrected chi connectivity index (χ4v) is 1.84. The zero-order valence-electron chi connectivity index (χ0n) is 7.38. The molecule has 2 rings (SSSR count). The van der Waals surface area contributed by atoms with Crippen LogP contribution in [0.2, 0.25) is 0 Å². The first-order valence-corrected chi connectivity index (χ1v) is 5.27. The number of hydrogen-bond donors (Lipinski definition) is 1. The Labute approximate surface area is 98.2 Å². The van der Waals surface area contributed by atoms with Gasteiger partial charge in [0.2, 0.25) is 5.43 Å². The van der Waals surface area contributed by atoms with Crippen LogP contribution in [0.3, 0.4) is 0 Å². The molecule has 0 spiro atoms. The molecule has 0 radical (unpaired) electrons. The Morgan fingerprint density at radius 2 is 2.13 bits per heavy atom. The van der Waals surface area contributed by atoms with Crippen LogP contribution in [0.25, 0.3) is 10.9 Å². The van der Waals surface area contributed by atoms with E-state index in [4.69, 9.17) is 11.6 Å². The van der Waals surface area contributed by atoms with Crippen molar-refractivity contribution < 1.29 is 4.79 Å². The standard InChI is InChI=1S/C10H5BrClNO2/c11-5-1-2-8-6(3-5)9(14)7(4-13-8)10(12)15/h1-4H,(H,13,14). The van der Waals surface area contributed by atoms with Gasteiger partial charge in [-0.25, -0.2) is 0 Å². The lowest BCUT2D eigenvalue weighted by molar-refractivity contribution is 0.108. The van der Waals surface area contributed by atoms with E-state index in [2.05, 4.69) is 20.9 Å². The van der Waals surface area contributed by atoms with Crippen LogP contribution in [-0.4, -0.2) is 10.2 Å². The molecule has 15 heavy (non-hydrogen) atoms. The Hall–Kier alpha value is -1.13. The fourth-order valence-electron chi connectivity index (χ4n) is 1.34. The Kier molecular flexibility index (Phi) is 2.63. The summed E-state index contributed by atoms with van der Waals surface area (Å²) in [6.07, 6.45) is 1.33. The zero-order valence-corrected chi connectivity index (χ0v) is 9.72. The van der Waals surface area contributed by atoms with Gasteiger partial charge in [0, 0.05) is 21.6 Å². The van der Waals surface area contributed by atoms with Gasteiger partial charge in [-0.15, -0.1) is 0 Å². The van der Waals surface area contributed by atoms with Crippen molar-refractivity contribution in [2.45, 2.75) is 0 Å². The smallest absolute Gasteiger partial charge is 0.257 e. The van der Waals surface area contributed by atoms with Crippen molar-refractivity contribution in [3.8, 4) is 0 Å². The molecule has 5 heteroatoms. The van der Waals surface area contributed by atoms with E-state index in [1.165, 1.54) is 6.20 Å². The highest BCUT2D eigenvalue weighted by Crippen LogP contribution is 2.15. The average Bonchev–Trinajstić information content (AvgIpc) is 2.19. The van der Waals surface area contributed by atoms with Crippen molar-refractivity contribution in [3.63, 3.8) is 0 Å². The first kappa shape index (κ1) is 10.4. The van der Waals surface area contributed by atoms with Crippen LogP contribution in [0.4, 0.5) is 0 Å². The first-order valence-electron chi connectivity index (χ1n) is 4.10. The SMILES string of the molecule is O=C(Cl)c1c[nH]c2ccc(Br)cc2c1=O. The summed E-state index contributed by atoms with van der Waals surface area (Å²) in [4.78, 5) is 25.5. The summed E-state index contributed by atoms with van der Waals surface area (Å²) in [7, 11) is 0. The fraction of sp³-hybridized carbons (Fsp3) is 0. The number of hydrogen-bond acceptors (Lipinski definition) is 2. The molecule has 0 fully saturated rings. The molecule has 0 saturated carbocycles. The summed E-state index contributed by atoms with van der Waals surface area (Å²) in [5, 5.41) is -0.311. The number of rotatable bonds is 1. The van der Waals surface area contributed by atoms with E-state index in [-0.39, 0.29) is 11.0 Å². The Bertz CT molecular complexity index is 606. The molecule has 1 aromatic heterocycles. The lowest BCUT2D eigenvalue weighted by Crippen LogP contribution is -2.12. The summed E-state index contributed by atoms with van der Waals surface area (Å²) in [6, 6.07) is 5.21.